The van der Waals surface area contributed by atoms with E-state index in [9.17, 15) is 4.39 Å². The highest BCUT2D eigenvalue weighted by molar-refractivity contribution is 8.33. The molecule has 0 N–H and O–H groups in total. The molecule has 2 heterocycles. The topological polar surface area (TPSA) is 8.17 Å². The minimum atomic E-state index is -1.26. The molecule has 0 atom stereocenters. The van der Waals surface area contributed by atoms with Gasteiger partial charge < -0.3 is 9.47 Å². The third-order valence-electron chi connectivity index (χ3n) is 11.2. The molecule has 0 amide bonds. The highest BCUT2D eigenvalue weighted by Crippen LogP contribution is 2.64. The molecule has 1 aromatic heterocycles. The van der Waals surface area contributed by atoms with Crippen molar-refractivity contribution in [3.63, 3.8) is 0 Å². The molecule has 0 radical (unpaired) electrons. The number of benzene rings is 8. The van der Waals surface area contributed by atoms with Crippen LogP contribution in [0.3, 0.4) is 0 Å². The standard InChI is InChI=1S/C51H39FN2S/c1-34-16-23-38(24-17-34)53(41-29-30-49-46(33-41)44-12-6-8-14-48(44)54(49)40-27-21-37(52)22-28-40)39-25-18-35(19-26-39)36-20-31-51-47(32-36)43-11-5-4-10-42(43)45-13-7-9-15-50(45)55(51,2)3/h4-33H,1-3H3. The number of fused-ring (bicyclic) bond motifs is 8. The number of anilines is 3. The SMILES string of the molecule is Cc1ccc(N(c2ccc(-c3ccc4c(c3)-c3ccccc3-c3ccccc3S4(C)C)cc2)c2ccc3c(c2)c2ccccc2n3-c2ccc(F)cc2)cc1. The van der Waals surface area contributed by atoms with Gasteiger partial charge in [-0.25, -0.2) is 4.39 Å². The highest BCUT2D eigenvalue weighted by atomic mass is 32.3. The molecule has 1 aliphatic rings. The van der Waals surface area contributed by atoms with E-state index in [1.807, 2.05) is 12.1 Å². The van der Waals surface area contributed by atoms with E-state index in [0.29, 0.717) is 0 Å². The first kappa shape index (κ1) is 33.2. The molecule has 0 bridgehead atoms. The first-order valence-corrected chi connectivity index (χ1v) is 21.1. The van der Waals surface area contributed by atoms with E-state index in [0.717, 1.165) is 44.6 Å². The quantitative estimate of drug-likeness (QED) is 0.171. The number of halogens is 1. The van der Waals surface area contributed by atoms with Gasteiger partial charge in [0, 0.05) is 43.3 Å². The Morgan fingerprint density at radius 1 is 0.455 bits per heavy atom. The van der Waals surface area contributed by atoms with Crippen molar-refractivity contribution >= 4 is 48.9 Å². The molecule has 0 unspecified atom stereocenters. The van der Waals surface area contributed by atoms with Crippen LogP contribution in [0.15, 0.2) is 192 Å². The normalized spacial score (nSPS) is 13.5. The summed E-state index contributed by atoms with van der Waals surface area (Å²) in [4.78, 5) is 5.20. The third-order valence-corrected chi connectivity index (χ3v) is 14.1. The zero-order chi connectivity index (χ0) is 37.3. The Kier molecular flexibility index (Phi) is 7.79. The Bertz CT molecular complexity index is 2900. The van der Waals surface area contributed by atoms with Crippen LogP contribution < -0.4 is 4.90 Å². The summed E-state index contributed by atoms with van der Waals surface area (Å²) in [5.74, 6) is -0.241. The Balaban J connectivity index is 1.09. The lowest BCUT2D eigenvalue weighted by Gasteiger charge is -2.34. The summed E-state index contributed by atoms with van der Waals surface area (Å²) in [5.41, 5.74) is 15.2. The van der Waals surface area contributed by atoms with Crippen molar-refractivity contribution in [2.75, 3.05) is 17.4 Å². The number of para-hydroxylation sites is 1. The molecule has 10 rings (SSSR count). The lowest BCUT2D eigenvalue weighted by atomic mass is 9.92. The summed E-state index contributed by atoms with van der Waals surface area (Å²) in [6, 6.07) is 64.5. The van der Waals surface area contributed by atoms with Gasteiger partial charge in [0.25, 0.3) is 0 Å². The summed E-state index contributed by atoms with van der Waals surface area (Å²) >= 11 is 0. The van der Waals surface area contributed by atoms with Gasteiger partial charge in [-0.1, -0.05) is 96.6 Å². The second-order valence-electron chi connectivity index (χ2n) is 14.8. The summed E-state index contributed by atoms with van der Waals surface area (Å²) in [6.07, 6.45) is 4.87. The maximum Gasteiger partial charge on any atom is 0.123 e. The van der Waals surface area contributed by atoms with Crippen LogP contribution in [0.2, 0.25) is 0 Å². The number of nitrogens with zero attached hydrogens (tertiary/aromatic N) is 2. The monoisotopic (exact) mass is 730 g/mol. The third kappa shape index (κ3) is 5.47. The molecule has 2 nitrogen and oxygen atoms in total. The van der Waals surface area contributed by atoms with Gasteiger partial charge in [0.15, 0.2) is 0 Å². The van der Waals surface area contributed by atoms with Crippen molar-refractivity contribution in [2.24, 2.45) is 0 Å². The maximum absolute atomic E-state index is 14.0. The summed E-state index contributed by atoms with van der Waals surface area (Å²) in [7, 11) is -1.26. The molecule has 4 heteroatoms. The number of aryl methyl sites for hydroxylation is 1. The first-order chi connectivity index (χ1) is 26.8. The van der Waals surface area contributed by atoms with Gasteiger partial charge in [-0.2, -0.15) is 10.0 Å². The van der Waals surface area contributed by atoms with Crippen molar-refractivity contribution in [1.82, 2.24) is 4.57 Å². The highest BCUT2D eigenvalue weighted by Gasteiger charge is 2.29. The predicted octanol–water partition coefficient (Wildman–Crippen LogP) is 14.5. The molecule has 0 fully saturated rings. The minimum absolute atomic E-state index is 0.241. The van der Waals surface area contributed by atoms with Crippen LogP contribution in [0, 0.1) is 12.7 Å². The molecular weight excluding hydrogens is 692 g/mol. The van der Waals surface area contributed by atoms with E-state index in [1.54, 1.807) is 0 Å². The molecule has 0 aliphatic carbocycles. The summed E-state index contributed by atoms with van der Waals surface area (Å²) in [6.45, 7) is 2.12. The van der Waals surface area contributed by atoms with Gasteiger partial charge >= 0.3 is 0 Å². The van der Waals surface area contributed by atoms with Crippen LogP contribution >= 0.6 is 10.0 Å². The van der Waals surface area contributed by atoms with Crippen LogP contribution in [0.1, 0.15) is 5.56 Å². The Morgan fingerprint density at radius 3 is 1.76 bits per heavy atom. The smallest absolute Gasteiger partial charge is 0.123 e. The molecule has 0 spiro atoms. The van der Waals surface area contributed by atoms with Gasteiger partial charge in [-0.3, -0.25) is 0 Å². The molecule has 55 heavy (non-hydrogen) atoms. The number of hydrogen-bond acceptors (Lipinski definition) is 1. The van der Waals surface area contributed by atoms with Crippen molar-refractivity contribution in [1.29, 1.82) is 0 Å². The van der Waals surface area contributed by atoms with Gasteiger partial charge in [-0.15, -0.1) is 0 Å². The van der Waals surface area contributed by atoms with Crippen LogP contribution in [-0.4, -0.2) is 17.1 Å². The van der Waals surface area contributed by atoms with Crippen molar-refractivity contribution in [3.8, 4) is 39.1 Å². The van der Waals surface area contributed by atoms with E-state index >= 15 is 0 Å². The van der Waals surface area contributed by atoms with E-state index < -0.39 is 10.0 Å². The van der Waals surface area contributed by atoms with E-state index in [2.05, 4.69) is 187 Å². The van der Waals surface area contributed by atoms with Crippen LogP contribution in [0.5, 0.6) is 0 Å². The van der Waals surface area contributed by atoms with Crippen molar-refractivity contribution in [2.45, 2.75) is 16.7 Å². The molecular formula is C51H39FN2S. The number of rotatable bonds is 5. The summed E-state index contributed by atoms with van der Waals surface area (Å²) < 4.78 is 16.2. The molecule has 8 aromatic carbocycles. The van der Waals surface area contributed by atoms with Crippen LogP contribution in [-0.2, 0) is 0 Å². The Morgan fingerprint density at radius 2 is 1.02 bits per heavy atom. The fourth-order valence-electron chi connectivity index (χ4n) is 8.48. The molecule has 266 valence electrons. The fraction of sp³-hybridized carbons (Fsp3) is 0.0588. The molecule has 1 aliphatic heterocycles. The zero-order valence-corrected chi connectivity index (χ0v) is 31.8. The molecule has 0 saturated carbocycles. The van der Waals surface area contributed by atoms with Crippen LogP contribution in [0.25, 0.3) is 60.9 Å². The summed E-state index contributed by atoms with van der Waals surface area (Å²) in [5, 5.41) is 2.30. The van der Waals surface area contributed by atoms with Gasteiger partial charge in [0.1, 0.15) is 5.82 Å². The lowest BCUT2D eigenvalue weighted by molar-refractivity contribution is 0.627. The minimum Gasteiger partial charge on any atom is -0.310 e. The average Bonchev–Trinajstić information content (AvgIpc) is 3.52. The second-order valence-corrected chi connectivity index (χ2v) is 18.4. The van der Waals surface area contributed by atoms with Crippen molar-refractivity contribution < 1.29 is 4.39 Å². The van der Waals surface area contributed by atoms with Crippen LogP contribution in [0.4, 0.5) is 21.5 Å². The largest absolute Gasteiger partial charge is 0.310 e. The Hall–Kier alpha value is -6.36. The number of aromatic nitrogens is 1. The predicted molar refractivity (Wildman–Crippen MR) is 232 cm³/mol. The van der Waals surface area contributed by atoms with Crippen molar-refractivity contribution in [3.05, 3.63) is 193 Å². The maximum atomic E-state index is 14.0. The van der Waals surface area contributed by atoms with Gasteiger partial charge in [0.05, 0.1) is 11.0 Å². The fourth-order valence-corrected chi connectivity index (χ4v) is 11.0. The first-order valence-electron chi connectivity index (χ1n) is 18.7. The number of hydrogen-bond donors (Lipinski definition) is 0. The van der Waals surface area contributed by atoms with Gasteiger partial charge in [0.2, 0.25) is 0 Å². The zero-order valence-electron chi connectivity index (χ0n) is 31.0. The van der Waals surface area contributed by atoms with E-state index in [1.165, 1.54) is 60.9 Å². The average molecular weight is 731 g/mol. The van der Waals surface area contributed by atoms with Gasteiger partial charge in [-0.05, 0) is 144 Å². The lowest BCUT2D eigenvalue weighted by Crippen LogP contribution is -2.10. The molecule has 9 aromatic rings. The van der Waals surface area contributed by atoms with E-state index in [-0.39, 0.29) is 5.82 Å². The second kappa shape index (κ2) is 12.9. The van der Waals surface area contributed by atoms with E-state index in [4.69, 9.17) is 0 Å². The molecule has 0 saturated heterocycles. The Labute approximate surface area is 323 Å².